The first-order valence-corrected chi connectivity index (χ1v) is 5.83. The minimum atomic E-state index is -0.775. The number of carboxylic acid groups (broad SMARTS) is 1. The van der Waals surface area contributed by atoms with Crippen LogP contribution < -0.4 is 0 Å². The van der Waals surface area contributed by atoms with Crippen LogP contribution in [-0.2, 0) is 18.3 Å². The van der Waals surface area contributed by atoms with E-state index in [0.29, 0.717) is 11.4 Å². The van der Waals surface area contributed by atoms with Gasteiger partial charge in [0.15, 0.2) is 0 Å². The lowest BCUT2D eigenvalue weighted by molar-refractivity contribution is -0.136. The number of rotatable bonds is 3. The first-order valence-electron chi connectivity index (χ1n) is 5.46. The summed E-state index contributed by atoms with van der Waals surface area (Å²) in [6.45, 7) is 2.01. The van der Waals surface area contributed by atoms with Crippen molar-refractivity contribution in [1.82, 2.24) is 4.57 Å². The van der Waals surface area contributed by atoms with E-state index >= 15 is 0 Å². The average molecular weight is 252 g/mol. The minimum absolute atomic E-state index is 0.145. The van der Waals surface area contributed by atoms with Crippen molar-refractivity contribution in [2.24, 2.45) is 7.05 Å². The lowest BCUT2D eigenvalue weighted by atomic mass is 10.1. The molecule has 1 heterocycles. The number of halogens is 1. The third-order valence-electron chi connectivity index (χ3n) is 3.17. The first kappa shape index (κ1) is 12.0. The highest BCUT2D eigenvalue weighted by molar-refractivity contribution is 6.31. The highest BCUT2D eigenvalue weighted by atomic mass is 35.5. The van der Waals surface area contributed by atoms with Gasteiger partial charge in [-0.3, -0.25) is 4.79 Å². The molecule has 2 rings (SSSR count). The van der Waals surface area contributed by atoms with Gasteiger partial charge in [-0.1, -0.05) is 11.6 Å². The maximum absolute atomic E-state index is 10.7. The van der Waals surface area contributed by atoms with E-state index in [0.717, 1.165) is 22.2 Å². The second-order valence-electron chi connectivity index (χ2n) is 4.18. The van der Waals surface area contributed by atoms with Gasteiger partial charge in [0.25, 0.3) is 0 Å². The van der Waals surface area contributed by atoms with Crippen molar-refractivity contribution in [2.45, 2.75) is 19.8 Å². The summed E-state index contributed by atoms with van der Waals surface area (Å²) >= 11 is 5.99. The molecule has 0 amide bonds. The molecule has 0 aliphatic rings. The molecular weight excluding hydrogens is 238 g/mol. The smallest absolute Gasteiger partial charge is 0.303 e. The van der Waals surface area contributed by atoms with Crippen molar-refractivity contribution in [3.63, 3.8) is 0 Å². The molecule has 4 heteroatoms. The lowest BCUT2D eigenvalue weighted by Crippen LogP contribution is -1.99. The fourth-order valence-corrected chi connectivity index (χ4v) is 2.34. The monoisotopic (exact) mass is 251 g/mol. The Hall–Kier alpha value is -1.48. The second-order valence-corrected chi connectivity index (χ2v) is 4.61. The minimum Gasteiger partial charge on any atom is -0.481 e. The third kappa shape index (κ3) is 2.15. The number of fused-ring (bicyclic) bond motifs is 1. The lowest BCUT2D eigenvalue weighted by Gasteiger charge is -2.00. The van der Waals surface area contributed by atoms with E-state index in [-0.39, 0.29) is 6.42 Å². The first-order chi connectivity index (χ1) is 8.00. The van der Waals surface area contributed by atoms with E-state index in [4.69, 9.17) is 16.7 Å². The van der Waals surface area contributed by atoms with Crippen LogP contribution in [-0.4, -0.2) is 15.6 Å². The van der Waals surface area contributed by atoms with Gasteiger partial charge in [0.1, 0.15) is 0 Å². The van der Waals surface area contributed by atoms with Crippen LogP contribution in [0.5, 0.6) is 0 Å². The van der Waals surface area contributed by atoms with E-state index in [1.54, 1.807) is 0 Å². The summed E-state index contributed by atoms with van der Waals surface area (Å²) in [5.74, 6) is -0.775. The number of aliphatic carboxylic acids is 1. The number of nitrogens with zero attached hydrogens (tertiary/aromatic N) is 1. The SMILES string of the molecule is Cc1c(CCC(=O)O)c2cc(Cl)ccc2n1C. The van der Waals surface area contributed by atoms with Gasteiger partial charge < -0.3 is 9.67 Å². The summed E-state index contributed by atoms with van der Waals surface area (Å²) in [7, 11) is 1.98. The molecule has 3 nitrogen and oxygen atoms in total. The molecule has 1 aromatic carbocycles. The molecular formula is C13H14ClNO2. The molecule has 1 aromatic heterocycles. The number of aromatic nitrogens is 1. The summed E-state index contributed by atoms with van der Waals surface area (Å²) in [6, 6.07) is 5.72. The standard InChI is InChI=1S/C13H14ClNO2/c1-8-10(4-6-13(16)17)11-7-9(14)3-5-12(11)15(8)2/h3,5,7H,4,6H2,1-2H3,(H,16,17). The van der Waals surface area contributed by atoms with Crippen LogP contribution in [0.3, 0.4) is 0 Å². The van der Waals surface area contributed by atoms with Crippen molar-refractivity contribution in [3.8, 4) is 0 Å². The van der Waals surface area contributed by atoms with Crippen molar-refractivity contribution in [1.29, 1.82) is 0 Å². The topological polar surface area (TPSA) is 42.2 Å². The van der Waals surface area contributed by atoms with Gasteiger partial charge in [-0.15, -0.1) is 0 Å². The quantitative estimate of drug-likeness (QED) is 0.911. The number of carboxylic acids is 1. The van der Waals surface area contributed by atoms with Crippen LogP contribution in [0, 0.1) is 6.92 Å². The van der Waals surface area contributed by atoms with Gasteiger partial charge in [-0.2, -0.15) is 0 Å². The van der Waals surface area contributed by atoms with Gasteiger partial charge in [-0.25, -0.2) is 0 Å². The molecule has 0 atom stereocenters. The Bertz CT molecular complexity index is 587. The van der Waals surface area contributed by atoms with Crippen LogP contribution in [0.2, 0.25) is 5.02 Å². The van der Waals surface area contributed by atoms with Crippen LogP contribution in [0.4, 0.5) is 0 Å². The van der Waals surface area contributed by atoms with Crippen LogP contribution in [0.1, 0.15) is 17.7 Å². The number of carbonyl (C=O) groups is 1. The van der Waals surface area contributed by atoms with Gasteiger partial charge in [0.2, 0.25) is 0 Å². The Balaban J connectivity index is 2.56. The van der Waals surface area contributed by atoms with Gasteiger partial charge in [0, 0.05) is 35.1 Å². The predicted octanol–water partition coefficient (Wildman–Crippen LogP) is 3.16. The highest BCUT2D eigenvalue weighted by Crippen LogP contribution is 2.28. The summed E-state index contributed by atoms with van der Waals surface area (Å²) in [6.07, 6.45) is 0.686. The fraction of sp³-hybridized carbons (Fsp3) is 0.308. The van der Waals surface area contributed by atoms with Crippen LogP contribution in [0.15, 0.2) is 18.2 Å². The predicted molar refractivity (Wildman–Crippen MR) is 68.6 cm³/mol. The second kappa shape index (κ2) is 4.41. The number of aryl methyl sites for hydroxylation is 2. The average Bonchev–Trinajstić information content (AvgIpc) is 2.49. The Morgan fingerprint density at radius 2 is 2.18 bits per heavy atom. The molecule has 0 unspecified atom stereocenters. The van der Waals surface area contributed by atoms with E-state index in [2.05, 4.69) is 4.57 Å². The molecule has 90 valence electrons. The zero-order valence-electron chi connectivity index (χ0n) is 9.83. The summed E-state index contributed by atoms with van der Waals surface area (Å²) in [5.41, 5.74) is 3.27. The molecule has 0 saturated carbocycles. The molecule has 17 heavy (non-hydrogen) atoms. The maximum atomic E-state index is 10.7. The zero-order valence-corrected chi connectivity index (χ0v) is 10.6. The molecule has 0 aliphatic carbocycles. The van der Waals surface area contributed by atoms with Crippen LogP contribution in [0.25, 0.3) is 10.9 Å². The van der Waals surface area contributed by atoms with Crippen LogP contribution >= 0.6 is 11.6 Å². The molecule has 0 aliphatic heterocycles. The molecule has 0 saturated heterocycles. The summed E-state index contributed by atoms with van der Waals surface area (Å²) in [4.78, 5) is 10.7. The fourth-order valence-electron chi connectivity index (χ4n) is 2.17. The van der Waals surface area contributed by atoms with Crippen molar-refractivity contribution in [3.05, 3.63) is 34.5 Å². The Morgan fingerprint density at radius 3 is 2.82 bits per heavy atom. The van der Waals surface area contributed by atoms with Crippen molar-refractivity contribution < 1.29 is 9.90 Å². The third-order valence-corrected chi connectivity index (χ3v) is 3.41. The van der Waals surface area contributed by atoms with E-state index in [1.807, 2.05) is 32.2 Å². The maximum Gasteiger partial charge on any atom is 0.303 e. The number of hydrogen-bond donors (Lipinski definition) is 1. The van der Waals surface area contributed by atoms with E-state index < -0.39 is 5.97 Å². The Kier molecular flexibility index (Phi) is 3.11. The Morgan fingerprint density at radius 1 is 1.47 bits per heavy atom. The molecule has 2 aromatic rings. The molecule has 0 spiro atoms. The Labute approximate surface area is 105 Å². The summed E-state index contributed by atoms with van der Waals surface area (Å²) in [5, 5.41) is 10.5. The molecule has 0 radical (unpaired) electrons. The van der Waals surface area contributed by atoms with Gasteiger partial charge in [-0.05, 0) is 37.1 Å². The summed E-state index contributed by atoms with van der Waals surface area (Å²) < 4.78 is 2.07. The van der Waals surface area contributed by atoms with Crippen molar-refractivity contribution in [2.75, 3.05) is 0 Å². The molecule has 0 bridgehead atoms. The largest absolute Gasteiger partial charge is 0.481 e. The normalized spacial score (nSPS) is 11.0. The van der Waals surface area contributed by atoms with Crippen molar-refractivity contribution >= 4 is 28.5 Å². The van der Waals surface area contributed by atoms with E-state index in [9.17, 15) is 4.79 Å². The number of hydrogen-bond acceptors (Lipinski definition) is 1. The van der Waals surface area contributed by atoms with E-state index in [1.165, 1.54) is 0 Å². The van der Waals surface area contributed by atoms with Gasteiger partial charge in [0.05, 0.1) is 0 Å². The zero-order chi connectivity index (χ0) is 12.6. The van der Waals surface area contributed by atoms with Gasteiger partial charge >= 0.3 is 5.97 Å². The number of benzene rings is 1. The highest BCUT2D eigenvalue weighted by Gasteiger charge is 2.13. The molecule has 0 fully saturated rings. The molecule has 1 N–H and O–H groups in total.